The maximum atomic E-state index is 12.4. The quantitative estimate of drug-likeness (QED) is 0.858. The summed E-state index contributed by atoms with van der Waals surface area (Å²) in [5.41, 5.74) is 0.977. The third-order valence-electron chi connectivity index (χ3n) is 3.28. The molecule has 1 atom stereocenters. The number of fused-ring (bicyclic) bond motifs is 1. The van der Waals surface area contributed by atoms with Crippen LogP contribution in [-0.4, -0.2) is 42.2 Å². The van der Waals surface area contributed by atoms with Crippen LogP contribution in [0.1, 0.15) is 24.8 Å². The highest BCUT2D eigenvalue weighted by molar-refractivity contribution is 5.85. The first-order chi connectivity index (χ1) is 8.77. The van der Waals surface area contributed by atoms with E-state index in [2.05, 4.69) is 0 Å². The van der Waals surface area contributed by atoms with Crippen molar-refractivity contribution in [3.63, 3.8) is 0 Å². The van der Waals surface area contributed by atoms with E-state index in [1.807, 2.05) is 31.2 Å². The van der Waals surface area contributed by atoms with Gasteiger partial charge in [0.25, 0.3) is 0 Å². The lowest BCUT2D eigenvalue weighted by Gasteiger charge is -2.23. The lowest BCUT2D eigenvalue weighted by atomic mass is 10.00. The Kier molecular flexibility index (Phi) is 4.20. The van der Waals surface area contributed by atoms with E-state index >= 15 is 0 Å². The molecule has 1 aliphatic heterocycles. The van der Waals surface area contributed by atoms with E-state index in [9.17, 15) is 4.79 Å². The molecule has 0 aromatic heterocycles. The maximum Gasteiger partial charge on any atom is 0.233 e. The molecule has 4 heteroatoms. The third kappa shape index (κ3) is 2.48. The topological polar surface area (TPSA) is 49.8 Å². The largest absolute Gasteiger partial charge is 0.492 e. The van der Waals surface area contributed by atoms with Gasteiger partial charge in [0.2, 0.25) is 5.91 Å². The molecule has 98 valence electrons. The second kappa shape index (κ2) is 5.87. The van der Waals surface area contributed by atoms with E-state index in [1.54, 1.807) is 4.90 Å². The summed E-state index contributed by atoms with van der Waals surface area (Å²) in [5, 5.41) is 8.85. The normalized spacial score (nSPS) is 17.1. The van der Waals surface area contributed by atoms with Crippen LogP contribution in [0.3, 0.4) is 0 Å². The lowest BCUT2D eigenvalue weighted by Crippen LogP contribution is -2.36. The second-order valence-electron chi connectivity index (χ2n) is 4.40. The number of nitrogens with zero attached hydrogens (tertiary/aromatic N) is 1. The number of likely N-dealkylation sites (N-methyl/N-ethyl adjacent to an activating group) is 1. The van der Waals surface area contributed by atoms with E-state index in [1.165, 1.54) is 0 Å². The molecular weight excluding hydrogens is 230 g/mol. The van der Waals surface area contributed by atoms with Crippen molar-refractivity contribution in [2.45, 2.75) is 19.3 Å². The SMILES string of the molecule is CCN(CCCO)C(=O)C1COc2ccccc21. The van der Waals surface area contributed by atoms with Gasteiger partial charge in [-0.25, -0.2) is 0 Å². The molecule has 0 spiro atoms. The number of aliphatic hydroxyl groups excluding tert-OH is 1. The standard InChI is InChI=1S/C14H19NO3/c1-2-15(8-5-9-16)14(17)12-10-18-13-7-4-3-6-11(12)13/h3-4,6-7,12,16H,2,5,8-10H2,1H3. The number of ether oxygens (including phenoxy) is 1. The van der Waals surface area contributed by atoms with E-state index in [4.69, 9.17) is 9.84 Å². The summed E-state index contributed by atoms with van der Waals surface area (Å²) < 4.78 is 5.53. The Hall–Kier alpha value is -1.55. The molecule has 1 aromatic carbocycles. The summed E-state index contributed by atoms with van der Waals surface area (Å²) in [4.78, 5) is 14.2. The number of amides is 1. The van der Waals surface area contributed by atoms with Crippen molar-refractivity contribution in [1.82, 2.24) is 4.90 Å². The molecular formula is C14H19NO3. The van der Waals surface area contributed by atoms with E-state index < -0.39 is 0 Å². The maximum absolute atomic E-state index is 12.4. The van der Waals surface area contributed by atoms with Crippen LogP contribution in [0.5, 0.6) is 5.75 Å². The molecule has 0 saturated heterocycles. The molecule has 0 radical (unpaired) electrons. The fourth-order valence-electron chi connectivity index (χ4n) is 2.27. The molecule has 0 fully saturated rings. The van der Waals surface area contributed by atoms with Gasteiger partial charge in [0.1, 0.15) is 18.3 Å². The van der Waals surface area contributed by atoms with Crippen LogP contribution in [-0.2, 0) is 4.79 Å². The number of para-hydroxylation sites is 1. The van der Waals surface area contributed by atoms with Gasteiger partial charge in [-0.3, -0.25) is 4.79 Å². The predicted molar refractivity (Wildman–Crippen MR) is 68.6 cm³/mol. The van der Waals surface area contributed by atoms with Gasteiger partial charge >= 0.3 is 0 Å². The van der Waals surface area contributed by atoms with Crippen molar-refractivity contribution in [2.75, 3.05) is 26.3 Å². The van der Waals surface area contributed by atoms with Crippen LogP contribution in [0, 0.1) is 0 Å². The van der Waals surface area contributed by atoms with Crippen LogP contribution >= 0.6 is 0 Å². The Labute approximate surface area is 107 Å². The Balaban J connectivity index is 2.10. The number of benzene rings is 1. The second-order valence-corrected chi connectivity index (χ2v) is 4.40. The van der Waals surface area contributed by atoms with Crippen molar-refractivity contribution >= 4 is 5.91 Å². The molecule has 0 saturated carbocycles. The summed E-state index contributed by atoms with van der Waals surface area (Å²) in [6, 6.07) is 7.68. The zero-order valence-electron chi connectivity index (χ0n) is 10.6. The zero-order chi connectivity index (χ0) is 13.0. The number of rotatable bonds is 5. The molecule has 0 aliphatic carbocycles. The molecule has 4 nitrogen and oxygen atoms in total. The summed E-state index contributed by atoms with van der Waals surface area (Å²) in [6.07, 6.45) is 0.620. The minimum atomic E-state index is -0.195. The van der Waals surface area contributed by atoms with Gasteiger partial charge < -0.3 is 14.7 Å². The average Bonchev–Trinajstić information content (AvgIpc) is 2.83. The summed E-state index contributed by atoms with van der Waals surface area (Å²) in [6.45, 7) is 3.76. The molecule has 1 aliphatic rings. The van der Waals surface area contributed by atoms with Crippen molar-refractivity contribution in [3.8, 4) is 5.75 Å². The number of carbonyl (C=O) groups is 1. The fourth-order valence-corrected chi connectivity index (χ4v) is 2.27. The first kappa shape index (κ1) is 12.9. The molecule has 1 N–H and O–H groups in total. The van der Waals surface area contributed by atoms with Crippen molar-refractivity contribution in [1.29, 1.82) is 0 Å². The highest BCUT2D eigenvalue weighted by atomic mass is 16.5. The van der Waals surface area contributed by atoms with Gasteiger partial charge in [-0.05, 0) is 19.4 Å². The van der Waals surface area contributed by atoms with Crippen molar-refractivity contribution < 1.29 is 14.6 Å². The van der Waals surface area contributed by atoms with Crippen LogP contribution < -0.4 is 4.74 Å². The number of hydrogen-bond donors (Lipinski definition) is 1. The first-order valence-electron chi connectivity index (χ1n) is 6.39. The summed E-state index contributed by atoms with van der Waals surface area (Å²) in [5.74, 6) is 0.713. The molecule has 0 bridgehead atoms. The van der Waals surface area contributed by atoms with Gasteiger partial charge in [0, 0.05) is 25.3 Å². The molecule has 1 aromatic rings. The zero-order valence-corrected chi connectivity index (χ0v) is 10.6. The first-order valence-corrected chi connectivity index (χ1v) is 6.39. The van der Waals surface area contributed by atoms with Gasteiger partial charge in [0.05, 0.1) is 0 Å². The van der Waals surface area contributed by atoms with Gasteiger partial charge in [-0.1, -0.05) is 18.2 Å². The van der Waals surface area contributed by atoms with E-state index in [0.717, 1.165) is 11.3 Å². The lowest BCUT2D eigenvalue weighted by molar-refractivity contribution is -0.133. The summed E-state index contributed by atoms with van der Waals surface area (Å²) in [7, 11) is 0. The molecule has 18 heavy (non-hydrogen) atoms. The Morgan fingerprint density at radius 3 is 3.00 bits per heavy atom. The molecule has 1 amide bonds. The highest BCUT2D eigenvalue weighted by Crippen LogP contribution is 2.34. The van der Waals surface area contributed by atoms with Crippen LogP contribution in [0.25, 0.3) is 0 Å². The third-order valence-corrected chi connectivity index (χ3v) is 3.28. The number of hydrogen-bond acceptors (Lipinski definition) is 3. The van der Waals surface area contributed by atoms with Crippen molar-refractivity contribution in [2.24, 2.45) is 0 Å². The van der Waals surface area contributed by atoms with Gasteiger partial charge in [-0.2, -0.15) is 0 Å². The molecule has 1 heterocycles. The van der Waals surface area contributed by atoms with Crippen LogP contribution in [0.2, 0.25) is 0 Å². The van der Waals surface area contributed by atoms with Crippen molar-refractivity contribution in [3.05, 3.63) is 29.8 Å². The predicted octanol–water partition coefficient (Wildman–Crippen LogP) is 1.39. The monoisotopic (exact) mass is 249 g/mol. The van der Waals surface area contributed by atoms with Crippen LogP contribution in [0.15, 0.2) is 24.3 Å². The van der Waals surface area contributed by atoms with Crippen LogP contribution in [0.4, 0.5) is 0 Å². The molecule has 2 rings (SSSR count). The van der Waals surface area contributed by atoms with Gasteiger partial charge in [-0.15, -0.1) is 0 Å². The Morgan fingerprint density at radius 2 is 2.28 bits per heavy atom. The fraction of sp³-hybridized carbons (Fsp3) is 0.500. The Morgan fingerprint density at radius 1 is 1.50 bits per heavy atom. The average molecular weight is 249 g/mol. The smallest absolute Gasteiger partial charge is 0.233 e. The Bertz CT molecular complexity index is 419. The van der Waals surface area contributed by atoms with E-state index in [-0.39, 0.29) is 18.4 Å². The van der Waals surface area contributed by atoms with E-state index in [0.29, 0.717) is 26.1 Å². The summed E-state index contributed by atoms with van der Waals surface area (Å²) >= 11 is 0. The minimum Gasteiger partial charge on any atom is -0.492 e. The highest BCUT2D eigenvalue weighted by Gasteiger charge is 2.32. The number of aliphatic hydroxyl groups is 1. The minimum absolute atomic E-state index is 0.0934. The molecule has 1 unspecified atom stereocenters. The van der Waals surface area contributed by atoms with Gasteiger partial charge in [0.15, 0.2) is 0 Å². The number of carbonyl (C=O) groups excluding carboxylic acids is 1.